The SMILES string of the molecule is CS(=O)(=O)CCCNC(=O)c1cn2c(n1)NCCC2. The van der Waals surface area contributed by atoms with Crippen LogP contribution in [-0.4, -0.2) is 49.0 Å². The van der Waals surface area contributed by atoms with Crippen molar-refractivity contribution in [2.24, 2.45) is 0 Å². The van der Waals surface area contributed by atoms with Crippen LogP contribution in [0.2, 0.25) is 0 Å². The molecule has 2 rings (SSSR count). The summed E-state index contributed by atoms with van der Waals surface area (Å²) in [7, 11) is -2.97. The minimum Gasteiger partial charge on any atom is -0.356 e. The van der Waals surface area contributed by atoms with Crippen LogP contribution in [0.15, 0.2) is 6.20 Å². The summed E-state index contributed by atoms with van der Waals surface area (Å²) in [5.74, 6) is 0.527. The molecule has 0 bridgehead atoms. The number of carbonyl (C=O) groups is 1. The maximum atomic E-state index is 11.8. The first-order valence-corrected chi connectivity index (χ1v) is 8.29. The van der Waals surface area contributed by atoms with Crippen molar-refractivity contribution in [2.75, 3.05) is 30.4 Å². The van der Waals surface area contributed by atoms with Crippen LogP contribution in [-0.2, 0) is 16.4 Å². The molecule has 106 valence electrons. The van der Waals surface area contributed by atoms with Gasteiger partial charge in [0.05, 0.1) is 5.75 Å². The van der Waals surface area contributed by atoms with E-state index in [2.05, 4.69) is 15.6 Å². The highest BCUT2D eigenvalue weighted by atomic mass is 32.2. The Morgan fingerprint density at radius 1 is 1.58 bits per heavy atom. The molecular formula is C11H18N4O3S. The molecule has 1 aromatic rings. The lowest BCUT2D eigenvalue weighted by Gasteiger charge is -2.14. The fraction of sp³-hybridized carbons (Fsp3) is 0.636. The Morgan fingerprint density at radius 3 is 3.05 bits per heavy atom. The van der Waals surface area contributed by atoms with Gasteiger partial charge in [0.25, 0.3) is 5.91 Å². The van der Waals surface area contributed by atoms with Crippen LogP contribution < -0.4 is 10.6 Å². The monoisotopic (exact) mass is 286 g/mol. The summed E-state index contributed by atoms with van der Waals surface area (Å²) in [4.78, 5) is 16.0. The molecule has 0 aliphatic carbocycles. The number of hydrogen-bond acceptors (Lipinski definition) is 5. The van der Waals surface area contributed by atoms with Gasteiger partial charge in [0.2, 0.25) is 5.95 Å². The molecule has 8 heteroatoms. The van der Waals surface area contributed by atoms with Gasteiger partial charge >= 0.3 is 0 Å². The van der Waals surface area contributed by atoms with Crippen LogP contribution in [0.25, 0.3) is 0 Å². The minimum absolute atomic E-state index is 0.0779. The Balaban J connectivity index is 1.85. The van der Waals surface area contributed by atoms with E-state index in [4.69, 9.17) is 0 Å². The van der Waals surface area contributed by atoms with Gasteiger partial charge in [0.1, 0.15) is 15.5 Å². The van der Waals surface area contributed by atoms with Crippen molar-refractivity contribution in [1.29, 1.82) is 0 Å². The van der Waals surface area contributed by atoms with Gasteiger partial charge in [-0.05, 0) is 12.8 Å². The molecule has 0 atom stereocenters. The molecule has 0 aromatic carbocycles. The summed E-state index contributed by atoms with van der Waals surface area (Å²) in [6.07, 6.45) is 4.33. The van der Waals surface area contributed by atoms with Crippen LogP contribution in [0.3, 0.4) is 0 Å². The van der Waals surface area contributed by atoms with Crippen molar-refractivity contribution < 1.29 is 13.2 Å². The van der Waals surface area contributed by atoms with E-state index in [-0.39, 0.29) is 11.7 Å². The van der Waals surface area contributed by atoms with Gasteiger partial charge in [-0.2, -0.15) is 0 Å². The molecule has 0 saturated carbocycles. The van der Waals surface area contributed by atoms with Crippen LogP contribution in [0, 0.1) is 0 Å². The van der Waals surface area contributed by atoms with Crippen LogP contribution in [0.5, 0.6) is 0 Å². The summed E-state index contributed by atoms with van der Waals surface area (Å²) in [5.41, 5.74) is 0.365. The second-order valence-electron chi connectivity index (χ2n) is 4.66. The lowest BCUT2D eigenvalue weighted by molar-refractivity contribution is 0.0949. The number of aryl methyl sites for hydroxylation is 1. The van der Waals surface area contributed by atoms with E-state index in [1.54, 1.807) is 6.20 Å². The molecule has 1 aliphatic rings. The van der Waals surface area contributed by atoms with Gasteiger partial charge < -0.3 is 15.2 Å². The molecule has 0 saturated heterocycles. The average molecular weight is 286 g/mol. The standard InChI is InChI=1S/C11H18N4O3S/c1-19(17,18)7-3-5-12-10(16)9-8-15-6-2-4-13-11(15)14-9/h8H,2-7H2,1H3,(H,12,16)(H,13,14). The van der Waals surface area contributed by atoms with Gasteiger partial charge in [0.15, 0.2) is 0 Å². The van der Waals surface area contributed by atoms with E-state index < -0.39 is 9.84 Å². The third-order valence-electron chi connectivity index (χ3n) is 2.85. The first-order valence-electron chi connectivity index (χ1n) is 6.23. The summed E-state index contributed by atoms with van der Waals surface area (Å²) < 4.78 is 23.8. The Labute approximate surface area is 112 Å². The van der Waals surface area contributed by atoms with Crippen molar-refractivity contribution in [3.05, 3.63) is 11.9 Å². The summed E-state index contributed by atoms with van der Waals surface area (Å²) in [6, 6.07) is 0. The van der Waals surface area contributed by atoms with Crippen molar-refractivity contribution in [3.63, 3.8) is 0 Å². The number of rotatable bonds is 5. The quantitative estimate of drug-likeness (QED) is 0.735. The number of sulfone groups is 1. The molecule has 1 aliphatic heterocycles. The average Bonchev–Trinajstić information content (AvgIpc) is 2.77. The highest BCUT2D eigenvalue weighted by Crippen LogP contribution is 2.13. The van der Waals surface area contributed by atoms with Crippen LogP contribution in [0.4, 0.5) is 5.95 Å². The molecule has 0 spiro atoms. The Morgan fingerprint density at radius 2 is 2.37 bits per heavy atom. The molecule has 0 radical (unpaired) electrons. The Kier molecular flexibility index (Phi) is 4.08. The lowest BCUT2D eigenvalue weighted by Crippen LogP contribution is -2.26. The zero-order valence-electron chi connectivity index (χ0n) is 10.8. The second-order valence-corrected chi connectivity index (χ2v) is 6.92. The molecule has 2 N–H and O–H groups in total. The maximum absolute atomic E-state index is 11.8. The first kappa shape index (κ1) is 13.9. The van der Waals surface area contributed by atoms with Gasteiger partial charge in [-0.1, -0.05) is 0 Å². The largest absolute Gasteiger partial charge is 0.356 e. The van der Waals surface area contributed by atoms with Crippen molar-refractivity contribution in [1.82, 2.24) is 14.9 Å². The first-order chi connectivity index (χ1) is 8.96. The predicted molar refractivity (Wildman–Crippen MR) is 72.0 cm³/mol. The number of amides is 1. The van der Waals surface area contributed by atoms with E-state index in [0.717, 1.165) is 19.5 Å². The smallest absolute Gasteiger partial charge is 0.271 e. The normalized spacial score (nSPS) is 14.6. The lowest BCUT2D eigenvalue weighted by atomic mass is 10.4. The Bertz CT molecular complexity index is 541. The Hall–Kier alpha value is -1.57. The number of aromatic nitrogens is 2. The number of fused-ring (bicyclic) bond motifs is 1. The number of imidazole rings is 1. The molecule has 1 amide bonds. The number of nitrogens with one attached hydrogen (secondary N) is 2. The van der Waals surface area contributed by atoms with E-state index in [1.807, 2.05) is 4.57 Å². The second kappa shape index (κ2) is 5.60. The van der Waals surface area contributed by atoms with Gasteiger partial charge in [-0.15, -0.1) is 0 Å². The topological polar surface area (TPSA) is 93.1 Å². The number of carbonyl (C=O) groups excluding carboxylic acids is 1. The fourth-order valence-corrected chi connectivity index (χ4v) is 2.58. The van der Waals surface area contributed by atoms with Gasteiger partial charge in [0, 0.05) is 32.1 Å². The third kappa shape index (κ3) is 3.95. The maximum Gasteiger partial charge on any atom is 0.271 e. The summed E-state index contributed by atoms with van der Waals surface area (Å²) >= 11 is 0. The number of anilines is 1. The zero-order valence-corrected chi connectivity index (χ0v) is 11.7. The van der Waals surface area contributed by atoms with Gasteiger partial charge in [-0.25, -0.2) is 13.4 Å². The number of nitrogens with zero attached hydrogens (tertiary/aromatic N) is 2. The predicted octanol–water partition coefficient (Wildman–Crippen LogP) is -0.137. The molecule has 0 unspecified atom stereocenters. The van der Waals surface area contributed by atoms with E-state index in [1.165, 1.54) is 6.26 Å². The molecule has 7 nitrogen and oxygen atoms in total. The fourth-order valence-electron chi connectivity index (χ4n) is 1.91. The van der Waals surface area contributed by atoms with Crippen molar-refractivity contribution in [3.8, 4) is 0 Å². The highest BCUT2D eigenvalue weighted by molar-refractivity contribution is 7.90. The van der Waals surface area contributed by atoms with Crippen molar-refractivity contribution >= 4 is 21.7 Å². The van der Waals surface area contributed by atoms with E-state index in [9.17, 15) is 13.2 Å². The van der Waals surface area contributed by atoms with Gasteiger partial charge in [-0.3, -0.25) is 4.79 Å². The number of hydrogen-bond donors (Lipinski definition) is 2. The van der Waals surface area contributed by atoms with Crippen LogP contribution in [0.1, 0.15) is 23.3 Å². The van der Waals surface area contributed by atoms with Crippen molar-refractivity contribution in [2.45, 2.75) is 19.4 Å². The van der Waals surface area contributed by atoms with E-state index in [0.29, 0.717) is 24.6 Å². The molecule has 2 heterocycles. The van der Waals surface area contributed by atoms with Crippen LogP contribution >= 0.6 is 0 Å². The van der Waals surface area contributed by atoms with E-state index >= 15 is 0 Å². The summed E-state index contributed by atoms with van der Waals surface area (Å²) in [5, 5.41) is 5.79. The molecule has 1 aromatic heterocycles. The highest BCUT2D eigenvalue weighted by Gasteiger charge is 2.16. The zero-order chi connectivity index (χ0) is 13.9. The third-order valence-corrected chi connectivity index (χ3v) is 3.88. The minimum atomic E-state index is -2.97. The summed E-state index contributed by atoms with van der Waals surface area (Å²) in [6.45, 7) is 2.06. The molecular weight excluding hydrogens is 268 g/mol. The molecule has 0 fully saturated rings. The molecule has 19 heavy (non-hydrogen) atoms.